The van der Waals surface area contributed by atoms with Crippen molar-refractivity contribution in [2.45, 2.75) is 25.9 Å². The molecule has 0 radical (unpaired) electrons. The Morgan fingerprint density at radius 2 is 1.96 bits per heavy atom. The fourth-order valence-corrected chi connectivity index (χ4v) is 3.75. The van der Waals surface area contributed by atoms with E-state index in [2.05, 4.69) is 52.5 Å². The summed E-state index contributed by atoms with van der Waals surface area (Å²) in [7, 11) is 0. The minimum Gasteiger partial charge on any atom is -0.353 e. The first kappa shape index (κ1) is 16.7. The number of aromatic nitrogens is 1. The molecule has 132 valence electrons. The molecule has 1 aliphatic rings. The molecule has 0 bridgehead atoms. The highest BCUT2D eigenvalue weighted by Gasteiger charge is 2.30. The molecule has 1 fully saturated rings. The van der Waals surface area contributed by atoms with E-state index in [1.54, 1.807) is 0 Å². The summed E-state index contributed by atoms with van der Waals surface area (Å²) in [5, 5.41) is 4.20. The Morgan fingerprint density at radius 1 is 1.12 bits per heavy atom. The van der Waals surface area contributed by atoms with Gasteiger partial charge in [-0.2, -0.15) is 0 Å². The van der Waals surface area contributed by atoms with Crippen LogP contribution in [0.5, 0.6) is 0 Å². The monoisotopic (exact) mass is 345 g/mol. The predicted molar refractivity (Wildman–Crippen MR) is 104 cm³/mol. The lowest BCUT2D eigenvalue weighted by Gasteiger charge is -2.35. The van der Waals surface area contributed by atoms with Crippen molar-refractivity contribution in [2.24, 2.45) is 0 Å². The lowest BCUT2D eigenvalue weighted by Crippen LogP contribution is -2.55. The third-order valence-corrected chi connectivity index (χ3v) is 5.21. The first-order valence-corrected chi connectivity index (χ1v) is 9.11. The molecule has 2 aromatic carbocycles. The van der Waals surface area contributed by atoms with E-state index in [1.807, 2.05) is 30.5 Å². The number of nitrogens with one attached hydrogen (secondary N) is 1. The van der Waals surface area contributed by atoms with Gasteiger partial charge >= 0.3 is 0 Å². The van der Waals surface area contributed by atoms with Crippen LogP contribution in [0.2, 0.25) is 0 Å². The molecule has 4 nitrogen and oxygen atoms in total. The molecule has 1 atom stereocenters. The second-order valence-corrected chi connectivity index (χ2v) is 6.90. The van der Waals surface area contributed by atoms with Crippen molar-refractivity contribution in [1.29, 1.82) is 0 Å². The van der Waals surface area contributed by atoms with Gasteiger partial charge in [-0.1, -0.05) is 42.5 Å². The normalized spacial score (nSPS) is 18.0. The number of aryl methyl sites for hydroxylation is 1. The third kappa shape index (κ3) is 3.33. The largest absolute Gasteiger partial charge is 0.353 e. The highest BCUT2D eigenvalue weighted by Crippen LogP contribution is 2.24. The van der Waals surface area contributed by atoms with Crippen LogP contribution in [-0.2, 0) is 17.8 Å². The average Bonchev–Trinajstić information content (AvgIpc) is 2.67. The van der Waals surface area contributed by atoms with Crippen LogP contribution in [0.4, 0.5) is 0 Å². The molecule has 2 heterocycles. The van der Waals surface area contributed by atoms with E-state index < -0.39 is 0 Å². The number of pyridine rings is 1. The molecule has 1 N–H and O–H groups in total. The van der Waals surface area contributed by atoms with E-state index in [-0.39, 0.29) is 11.9 Å². The maximum absolute atomic E-state index is 12.6. The molecule has 1 saturated heterocycles. The Bertz CT molecular complexity index is 923. The number of benzene rings is 2. The van der Waals surface area contributed by atoms with Crippen LogP contribution in [0.25, 0.3) is 10.9 Å². The predicted octanol–water partition coefficient (Wildman–Crippen LogP) is 3.09. The molecule has 1 aromatic heterocycles. The van der Waals surface area contributed by atoms with Crippen LogP contribution in [0, 0.1) is 6.92 Å². The van der Waals surface area contributed by atoms with Gasteiger partial charge in [0.05, 0.1) is 11.6 Å². The van der Waals surface area contributed by atoms with Crippen molar-refractivity contribution in [1.82, 2.24) is 15.2 Å². The SMILES string of the molecule is Cc1ccc2ncccc2c1CN1CCNC(=O)[C@@H]1Cc1ccccc1. The maximum atomic E-state index is 12.6. The molecule has 1 aliphatic heterocycles. The minimum atomic E-state index is -0.141. The number of fused-ring (bicyclic) bond motifs is 1. The number of carbonyl (C=O) groups is 1. The van der Waals surface area contributed by atoms with Crippen molar-refractivity contribution in [3.63, 3.8) is 0 Å². The maximum Gasteiger partial charge on any atom is 0.237 e. The van der Waals surface area contributed by atoms with Gasteiger partial charge in [-0.15, -0.1) is 0 Å². The zero-order chi connectivity index (χ0) is 17.9. The molecular weight excluding hydrogens is 322 g/mol. The van der Waals surface area contributed by atoms with Crippen molar-refractivity contribution in [2.75, 3.05) is 13.1 Å². The van der Waals surface area contributed by atoms with Crippen LogP contribution >= 0.6 is 0 Å². The Labute approximate surface area is 153 Å². The fourth-order valence-electron chi connectivity index (χ4n) is 3.75. The minimum absolute atomic E-state index is 0.121. The second-order valence-electron chi connectivity index (χ2n) is 6.90. The van der Waals surface area contributed by atoms with Crippen molar-refractivity contribution in [3.05, 3.63) is 77.5 Å². The van der Waals surface area contributed by atoms with Crippen molar-refractivity contribution >= 4 is 16.8 Å². The van der Waals surface area contributed by atoms with Gasteiger partial charge in [0.25, 0.3) is 0 Å². The van der Waals surface area contributed by atoms with Gasteiger partial charge in [-0.05, 0) is 42.2 Å². The quantitative estimate of drug-likeness (QED) is 0.790. The van der Waals surface area contributed by atoms with E-state index in [0.717, 1.165) is 25.0 Å². The van der Waals surface area contributed by atoms with Crippen molar-refractivity contribution in [3.8, 4) is 0 Å². The summed E-state index contributed by atoms with van der Waals surface area (Å²) in [6.45, 7) is 4.46. The zero-order valence-electron chi connectivity index (χ0n) is 15.0. The Balaban J connectivity index is 1.65. The van der Waals surface area contributed by atoms with Crippen LogP contribution in [-0.4, -0.2) is 34.9 Å². The molecule has 0 aliphatic carbocycles. The number of rotatable bonds is 4. The number of carbonyl (C=O) groups excluding carboxylic acids is 1. The van der Waals surface area contributed by atoms with Gasteiger partial charge in [-0.3, -0.25) is 14.7 Å². The average molecular weight is 345 g/mol. The summed E-state index contributed by atoms with van der Waals surface area (Å²) in [5.74, 6) is 0.121. The fraction of sp³-hybridized carbons (Fsp3) is 0.273. The summed E-state index contributed by atoms with van der Waals surface area (Å²) < 4.78 is 0. The molecule has 0 spiro atoms. The number of amides is 1. The van der Waals surface area contributed by atoms with Crippen LogP contribution < -0.4 is 5.32 Å². The van der Waals surface area contributed by atoms with E-state index >= 15 is 0 Å². The summed E-state index contributed by atoms with van der Waals surface area (Å²) >= 11 is 0. The van der Waals surface area contributed by atoms with Crippen LogP contribution in [0.15, 0.2) is 60.8 Å². The van der Waals surface area contributed by atoms with E-state index in [9.17, 15) is 4.79 Å². The van der Waals surface area contributed by atoms with Gasteiger partial charge < -0.3 is 5.32 Å². The van der Waals surface area contributed by atoms with Gasteiger partial charge in [0.15, 0.2) is 0 Å². The van der Waals surface area contributed by atoms with E-state index in [1.165, 1.54) is 22.1 Å². The number of nitrogens with zero attached hydrogens (tertiary/aromatic N) is 2. The number of piperazine rings is 1. The Hall–Kier alpha value is -2.72. The first-order chi connectivity index (χ1) is 12.7. The summed E-state index contributed by atoms with van der Waals surface area (Å²) in [4.78, 5) is 19.4. The van der Waals surface area contributed by atoms with E-state index in [0.29, 0.717) is 6.54 Å². The molecule has 26 heavy (non-hydrogen) atoms. The van der Waals surface area contributed by atoms with Crippen LogP contribution in [0.3, 0.4) is 0 Å². The van der Waals surface area contributed by atoms with Gasteiger partial charge in [0, 0.05) is 31.2 Å². The van der Waals surface area contributed by atoms with Crippen molar-refractivity contribution < 1.29 is 4.79 Å². The molecule has 4 rings (SSSR count). The first-order valence-electron chi connectivity index (χ1n) is 9.11. The smallest absolute Gasteiger partial charge is 0.237 e. The van der Waals surface area contributed by atoms with Gasteiger partial charge in [-0.25, -0.2) is 0 Å². The third-order valence-electron chi connectivity index (χ3n) is 5.21. The molecule has 1 amide bonds. The summed E-state index contributed by atoms with van der Waals surface area (Å²) in [5.41, 5.74) is 4.71. The zero-order valence-corrected chi connectivity index (χ0v) is 15.0. The van der Waals surface area contributed by atoms with Crippen LogP contribution in [0.1, 0.15) is 16.7 Å². The molecule has 0 unspecified atom stereocenters. The standard InChI is InChI=1S/C22H23N3O/c1-16-9-10-20-18(8-5-11-23-20)19(16)15-25-13-12-24-22(26)21(25)14-17-6-3-2-4-7-17/h2-11,21H,12-15H2,1H3,(H,24,26)/t21-/m0/s1. The topological polar surface area (TPSA) is 45.2 Å². The van der Waals surface area contributed by atoms with Gasteiger partial charge in [0.1, 0.15) is 0 Å². The van der Waals surface area contributed by atoms with Gasteiger partial charge in [0.2, 0.25) is 5.91 Å². The molecule has 4 heteroatoms. The summed E-state index contributed by atoms with van der Waals surface area (Å²) in [6, 6.07) is 18.4. The Morgan fingerprint density at radius 3 is 2.81 bits per heavy atom. The second kappa shape index (κ2) is 7.26. The number of hydrogen-bond acceptors (Lipinski definition) is 3. The molecular formula is C22H23N3O. The molecule has 0 saturated carbocycles. The molecule has 3 aromatic rings. The Kier molecular flexibility index (Phi) is 4.67. The van der Waals surface area contributed by atoms with E-state index in [4.69, 9.17) is 0 Å². The number of hydrogen-bond donors (Lipinski definition) is 1. The highest BCUT2D eigenvalue weighted by atomic mass is 16.2. The highest BCUT2D eigenvalue weighted by molar-refractivity contribution is 5.84. The lowest BCUT2D eigenvalue weighted by molar-refractivity contribution is -0.129. The summed E-state index contributed by atoms with van der Waals surface area (Å²) in [6.07, 6.45) is 2.56. The lowest BCUT2D eigenvalue weighted by atomic mass is 9.98.